The molecule has 0 atom stereocenters. The van der Waals surface area contributed by atoms with Crippen molar-refractivity contribution in [3.8, 4) is 5.75 Å². The molecule has 0 aliphatic carbocycles. The van der Waals surface area contributed by atoms with Crippen LogP contribution in [0.1, 0.15) is 5.56 Å². The molecular weight excluding hydrogens is 276 g/mol. The van der Waals surface area contributed by atoms with Gasteiger partial charge in [-0.25, -0.2) is 4.98 Å². The molecule has 4 N–H and O–H groups in total. The average molecular weight is 292 g/mol. The zero-order valence-corrected chi connectivity index (χ0v) is 11.9. The maximum atomic E-state index is 7.35. The molecule has 3 aromatic rings. The van der Waals surface area contributed by atoms with Crippen molar-refractivity contribution in [3.05, 3.63) is 66.4 Å². The lowest BCUT2D eigenvalue weighted by molar-refractivity contribution is 0.310. The Hall–Kier alpha value is -3.08. The third-order valence-corrected chi connectivity index (χ3v) is 3.26. The van der Waals surface area contributed by atoms with Gasteiger partial charge in [0.25, 0.3) is 0 Å². The lowest BCUT2D eigenvalue weighted by Crippen LogP contribution is -2.21. The van der Waals surface area contributed by atoms with Gasteiger partial charge in [0, 0.05) is 17.0 Å². The highest BCUT2D eigenvalue weighted by Crippen LogP contribution is 2.29. The number of aromatic nitrogens is 1. The van der Waals surface area contributed by atoms with E-state index in [1.165, 1.54) is 0 Å². The highest BCUT2D eigenvalue weighted by atomic mass is 16.5. The largest absolute Gasteiger partial charge is 0.488 e. The fourth-order valence-electron chi connectivity index (χ4n) is 2.27. The van der Waals surface area contributed by atoms with Gasteiger partial charge < -0.3 is 15.8 Å². The summed E-state index contributed by atoms with van der Waals surface area (Å²) in [4.78, 5) is 4.22. The first-order valence-corrected chi connectivity index (χ1v) is 6.89. The van der Waals surface area contributed by atoms with Crippen molar-refractivity contribution < 1.29 is 4.74 Å². The van der Waals surface area contributed by atoms with Crippen molar-refractivity contribution >= 4 is 22.5 Å². The number of hydrogen-bond donors (Lipinski definition) is 3. The minimum absolute atomic E-state index is 0.143. The summed E-state index contributed by atoms with van der Waals surface area (Å²) in [5.41, 5.74) is 6.50. The Bertz CT molecular complexity index is 802. The van der Waals surface area contributed by atoms with Crippen LogP contribution in [-0.2, 0) is 6.61 Å². The minimum Gasteiger partial charge on any atom is -0.488 e. The number of nitrogens with zero attached hydrogens (tertiary/aromatic N) is 1. The molecule has 1 heterocycles. The van der Waals surface area contributed by atoms with Gasteiger partial charge in [0.05, 0.1) is 0 Å². The van der Waals surface area contributed by atoms with Crippen LogP contribution < -0.4 is 15.8 Å². The molecule has 0 radical (unpaired) electrons. The highest BCUT2D eigenvalue weighted by Gasteiger charge is 2.07. The molecule has 110 valence electrons. The van der Waals surface area contributed by atoms with Gasteiger partial charge in [0.1, 0.15) is 18.2 Å². The Morgan fingerprint density at radius 2 is 1.86 bits per heavy atom. The smallest absolute Gasteiger partial charge is 0.191 e. The first-order valence-electron chi connectivity index (χ1n) is 6.89. The van der Waals surface area contributed by atoms with Crippen LogP contribution in [0.4, 0.5) is 5.82 Å². The standard InChI is InChI=1S/C17H16N4O/c18-17(19)21-16-14-7-4-8-15(13(14)9-10-20-16)22-11-12-5-2-1-3-6-12/h1-10H,11H2,(H4,18,19,20,21). The van der Waals surface area contributed by atoms with E-state index in [4.69, 9.17) is 15.9 Å². The van der Waals surface area contributed by atoms with Gasteiger partial charge in [-0.3, -0.25) is 5.41 Å². The second-order valence-corrected chi connectivity index (χ2v) is 4.82. The molecule has 3 rings (SSSR count). The molecule has 0 saturated heterocycles. The number of anilines is 1. The summed E-state index contributed by atoms with van der Waals surface area (Å²) in [6.45, 7) is 0.498. The molecular formula is C17H16N4O. The molecule has 0 bridgehead atoms. The number of benzene rings is 2. The first-order chi connectivity index (χ1) is 10.7. The van der Waals surface area contributed by atoms with Gasteiger partial charge in [-0.15, -0.1) is 0 Å². The lowest BCUT2D eigenvalue weighted by Gasteiger charge is -2.12. The third kappa shape index (κ3) is 2.98. The Kier molecular flexibility index (Phi) is 3.87. The van der Waals surface area contributed by atoms with Gasteiger partial charge in [-0.1, -0.05) is 42.5 Å². The van der Waals surface area contributed by atoms with Crippen molar-refractivity contribution in [1.82, 2.24) is 4.98 Å². The van der Waals surface area contributed by atoms with Crippen molar-refractivity contribution in [3.63, 3.8) is 0 Å². The van der Waals surface area contributed by atoms with E-state index in [1.807, 2.05) is 54.6 Å². The summed E-state index contributed by atoms with van der Waals surface area (Å²) in [6.07, 6.45) is 1.67. The highest BCUT2D eigenvalue weighted by molar-refractivity contribution is 6.01. The number of nitrogens with one attached hydrogen (secondary N) is 2. The third-order valence-electron chi connectivity index (χ3n) is 3.26. The topological polar surface area (TPSA) is 84.0 Å². The maximum absolute atomic E-state index is 7.35. The summed E-state index contributed by atoms with van der Waals surface area (Å²) in [6, 6.07) is 17.6. The van der Waals surface area contributed by atoms with E-state index in [2.05, 4.69) is 10.3 Å². The second-order valence-electron chi connectivity index (χ2n) is 4.82. The van der Waals surface area contributed by atoms with E-state index in [9.17, 15) is 0 Å². The molecule has 1 aromatic heterocycles. The van der Waals surface area contributed by atoms with E-state index >= 15 is 0 Å². The fraction of sp³-hybridized carbons (Fsp3) is 0.0588. The SMILES string of the molecule is N=C(N)Nc1nccc2c(OCc3ccccc3)cccc12. The molecule has 0 aliphatic heterocycles. The number of nitrogens with two attached hydrogens (primary N) is 1. The summed E-state index contributed by atoms with van der Waals surface area (Å²) in [5, 5.41) is 11.9. The van der Waals surface area contributed by atoms with Crippen molar-refractivity contribution in [2.75, 3.05) is 5.32 Å². The lowest BCUT2D eigenvalue weighted by atomic mass is 10.1. The van der Waals surface area contributed by atoms with Gasteiger partial charge in [-0.05, 0) is 17.7 Å². The summed E-state index contributed by atoms with van der Waals surface area (Å²) >= 11 is 0. The van der Waals surface area contributed by atoms with Crippen molar-refractivity contribution in [2.45, 2.75) is 6.61 Å². The monoisotopic (exact) mass is 292 g/mol. The number of fused-ring (bicyclic) bond motifs is 1. The predicted molar refractivity (Wildman–Crippen MR) is 88.1 cm³/mol. The zero-order valence-electron chi connectivity index (χ0n) is 11.9. The molecule has 5 nitrogen and oxygen atoms in total. The normalized spacial score (nSPS) is 10.4. The van der Waals surface area contributed by atoms with Crippen LogP contribution >= 0.6 is 0 Å². The summed E-state index contributed by atoms with van der Waals surface area (Å²) in [5.74, 6) is 1.18. The number of rotatable bonds is 4. The molecule has 0 fully saturated rings. The van der Waals surface area contributed by atoms with Gasteiger partial charge >= 0.3 is 0 Å². The molecule has 0 unspecified atom stereocenters. The second kappa shape index (κ2) is 6.13. The molecule has 0 amide bonds. The Balaban J connectivity index is 1.92. The van der Waals surface area contributed by atoms with E-state index < -0.39 is 0 Å². The quantitative estimate of drug-likeness (QED) is 0.509. The van der Waals surface area contributed by atoms with Gasteiger partial charge in [-0.2, -0.15) is 0 Å². The van der Waals surface area contributed by atoms with E-state index in [0.717, 1.165) is 22.1 Å². The molecule has 22 heavy (non-hydrogen) atoms. The average Bonchev–Trinajstić information content (AvgIpc) is 2.54. The van der Waals surface area contributed by atoms with Crippen LogP contribution in [0, 0.1) is 5.41 Å². The molecule has 2 aromatic carbocycles. The number of pyridine rings is 1. The Morgan fingerprint density at radius 3 is 2.64 bits per heavy atom. The molecule has 0 aliphatic rings. The minimum atomic E-state index is -0.143. The van der Waals surface area contributed by atoms with Crippen LogP contribution in [0.25, 0.3) is 10.8 Å². The molecule has 5 heteroatoms. The number of hydrogen-bond acceptors (Lipinski definition) is 3. The Labute approximate surface area is 128 Å². The van der Waals surface area contributed by atoms with Crippen LogP contribution in [0.5, 0.6) is 5.75 Å². The fourth-order valence-corrected chi connectivity index (χ4v) is 2.27. The van der Waals surface area contributed by atoms with Gasteiger partial charge in [0.15, 0.2) is 5.96 Å². The molecule has 0 saturated carbocycles. The summed E-state index contributed by atoms with van der Waals surface area (Å²) in [7, 11) is 0. The van der Waals surface area contributed by atoms with E-state index in [-0.39, 0.29) is 5.96 Å². The van der Waals surface area contributed by atoms with E-state index in [1.54, 1.807) is 6.20 Å². The van der Waals surface area contributed by atoms with Crippen LogP contribution in [0.15, 0.2) is 60.8 Å². The van der Waals surface area contributed by atoms with Crippen molar-refractivity contribution in [1.29, 1.82) is 5.41 Å². The van der Waals surface area contributed by atoms with Gasteiger partial charge in [0.2, 0.25) is 0 Å². The van der Waals surface area contributed by atoms with Crippen LogP contribution in [-0.4, -0.2) is 10.9 Å². The maximum Gasteiger partial charge on any atom is 0.191 e. The van der Waals surface area contributed by atoms with Crippen LogP contribution in [0.2, 0.25) is 0 Å². The first kappa shape index (κ1) is 13.9. The zero-order chi connectivity index (χ0) is 15.4. The number of guanidine groups is 1. The van der Waals surface area contributed by atoms with Crippen molar-refractivity contribution in [2.24, 2.45) is 5.73 Å². The number of ether oxygens (including phenoxy) is 1. The predicted octanol–water partition coefficient (Wildman–Crippen LogP) is 3.12. The summed E-state index contributed by atoms with van der Waals surface area (Å²) < 4.78 is 5.92. The van der Waals surface area contributed by atoms with Crippen LogP contribution in [0.3, 0.4) is 0 Å². The molecule has 0 spiro atoms. The van der Waals surface area contributed by atoms with E-state index in [0.29, 0.717) is 12.4 Å². The Morgan fingerprint density at radius 1 is 1.05 bits per heavy atom.